The number of hydrogen-bond acceptors (Lipinski definition) is 3. The zero-order valence-electron chi connectivity index (χ0n) is 12.7. The second-order valence-corrected chi connectivity index (χ2v) is 5.75. The standard InChI is InChI=1S/C15H17FN4O2/c1-8(2)10-6-9(16)7-11-13(10)19(3)18-14(11)20-5-4-12(21)17-15(20)22/h6-8H,4-5H2,1-3H3,(H,17,21,22). The highest BCUT2D eigenvalue weighted by molar-refractivity contribution is 6.09. The molecule has 0 saturated carbocycles. The van der Waals surface area contributed by atoms with Crippen LogP contribution in [-0.4, -0.2) is 28.3 Å². The van der Waals surface area contributed by atoms with E-state index in [0.29, 0.717) is 11.2 Å². The summed E-state index contributed by atoms with van der Waals surface area (Å²) in [7, 11) is 1.77. The zero-order valence-corrected chi connectivity index (χ0v) is 12.7. The highest BCUT2D eigenvalue weighted by Gasteiger charge is 2.29. The van der Waals surface area contributed by atoms with Gasteiger partial charge in [-0.3, -0.25) is 19.7 Å². The summed E-state index contributed by atoms with van der Waals surface area (Å²) in [6, 6.07) is 2.36. The summed E-state index contributed by atoms with van der Waals surface area (Å²) >= 11 is 0. The Bertz CT molecular complexity index is 781. The molecule has 0 spiro atoms. The summed E-state index contributed by atoms with van der Waals surface area (Å²) in [5.41, 5.74) is 1.64. The fourth-order valence-electron chi connectivity index (χ4n) is 2.80. The third-order valence-corrected chi connectivity index (χ3v) is 3.85. The number of aryl methyl sites for hydroxylation is 1. The van der Waals surface area contributed by atoms with Crippen LogP contribution in [0.4, 0.5) is 15.0 Å². The number of benzene rings is 1. The Morgan fingerprint density at radius 3 is 2.68 bits per heavy atom. The van der Waals surface area contributed by atoms with Gasteiger partial charge in [0.15, 0.2) is 5.82 Å². The molecule has 0 bridgehead atoms. The molecule has 1 aliphatic rings. The van der Waals surface area contributed by atoms with Crippen LogP contribution in [0.3, 0.4) is 0 Å². The summed E-state index contributed by atoms with van der Waals surface area (Å²) in [5.74, 6) is -0.170. The molecule has 1 saturated heterocycles. The van der Waals surface area contributed by atoms with Crippen LogP contribution in [0.1, 0.15) is 31.7 Å². The fraction of sp³-hybridized carbons (Fsp3) is 0.400. The Hall–Kier alpha value is -2.44. The molecular weight excluding hydrogens is 287 g/mol. The van der Waals surface area contributed by atoms with Crippen LogP contribution in [-0.2, 0) is 11.8 Å². The number of halogens is 1. The number of aromatic nitrogens is 2. The molecule has 1 fully saturated rings. The average molecular weight is 304 g/mol. The highest BCUT2D eigenvalue weighted by Crippen LogP contribution is 2.33. The van der Waals surface area contributed by atoms with Crippen molar-refractivity contribution in [3.8, 4) is 0 Å². The van der Waals surface area contributed by atoms with Gasteiger partial charge in [0.05, 0.1) is 5.52 Å². The van der Waals surface area contributed by atoms with Crippen molar-refractivity contribution in [2.45, 2.75) is 26.2 Å². The molecule has 6 nitrogen and oxygen atoms in total. The van der Waals surface area contributed by atoms with Gasteiger partial charge >= 0.3 is 6.03 Å². The van der Waals surface area contributed by atoms with Crippen molar-refractivity contribution in [2.75, 3.05) is 11.4 Å². The Morgan fingerprint density at radius 2 is 2.05 bits per heavy atom. The third-order valence-electron chi connectivity index (χ3n) is 3.85. The Labute approximate surface area is 126 Å². The lowest BCUT2D eigenvalue weighted by Crippen LogP contribution is -2.49. The number of urea groups is 1. The van der Waals surface area contributed by atoms with Crippen molar-refractivity contribution in [1.82, 2.24) is 15.1 Å². The number of nitrogens with one attached hydrogen (secondary N) is 1. The SMILES string of the molecule is CC(C)c1cc(F)cc2c(N3CCC(=O)NC3=O)nn(C)c12. The minimum absolute atomic E-state index is 0.123. The summed E-state index contributed by atoms with van der Waals surface area (Å²) in [4.78, 5) is 24.7. The molecule has 1 N–H and O–H groups in total. The van der Waals surface area contributed by atoms with Crippen molar-refractivity contribution in [3.63, 3.8) is 0 Å². The monoisotopic (exact) mass is 304 g/mol. The van der Waals surface area contributed by atoms with E-state index in [1.54, 1.807) is 11.7 Å². The number of anilines is 1. The smallest absolute Gasteiger partial charge is 0.278 e. The molecule has 2 heterocycles. The predicted octanol–water partition coefficient (Wildman–Crippen LogP) is 2.28. The van der Waals surface area contributed by atoms with Crippen LogP contribution in [0.5, 0.6) is 0 Å². The zero-order chi connectivity index (χ0) is 16.0. The molecule has 0 atom stereocenters. The number of carbonyl (C=O) groups excluding carboxylic acids is 2. The van der Waals surface area contributed by atoms with Crippen LogP contribution >= 0.6 is 0 Å². The first-order chi connectivity index (χ1) is 10.4. The van der Waals surface area contributed by atoms with Crippen molar-refractivity contribution in [2.24, 2.45) is 7.05 Å². The van der Waals surface area contributed by atoms with Crippen LogP contribution < -0.4 is 10.2 Å². The van der Waals surface area contributed by atoms with Gasteiger partial charge in [-0.05, 0) is 23.6 Å². The van der Waals surface area contributed by atoms with Gasteiger partial charge in [0.1, 0.15) is 5.82 Å². The van der Waals surface area contributed by atoms with E-state index >= 15 is 0 Å². The molecule has 116 valence electrons. The lowest BCUT2D eigenvalue weighted by Gasteiger charge is -2.24. The maximum Gasteiger partial charge on any atom is 0.329 e. The number of hydrogen-bond donors (Lipinski definition) is 1. The quantitative estimate of drug-likeness (QED) is 0.925. The number of imide groups is 1. The van der Waals surface area contributed by atoms with Gasteiger partial charge in [0, 0.05) is 25.4 Å². The van der Waals surface area contributed by atoms with Gasteiger partial charge in [0.2, 0.25) is 5.91 Å². The molecule has 0 radical (unpaired) electrons. The lowest BCUT2D eigenvalue weighted by atomic mass is 10.00. The molecule has 0 unspecified atom stereocenters. The first-order valence-electron chi connectivity index (χ1n) is 7.16. The minimum atomic E-state index is -0.522. The normalized spacial score (nSPS) is 15.8. The largest absolute Gasteiger partial charge is 0.329 e. The number of carbonyl (C=O) groups is 2. The molecule has 1 aromatic carbocycles. The Balaban J connectivity index is 2.19. The number of fused-ring (bicyclic) bond motifs is 1. The van der Waals surface area contributed by atoms with E-state index in [2.05, 4.69) is 10.4 Å². The topological polar surface area (TPSA) is 67.2 Å². The molecule has 3 rings (SSSR count). The van der Waals surface area contributed by atoms with Crippen LogP contribution in [0.15, 0.2) is 12.1 Å². The van der Waals surface area contributed by atoms with E-state index in [9.17, 15) is 14.0 Å². The van der Waals surface area contributed by atoms with E-state index in [1.807, 2.05) is 13.8 Å². The molecule has 2 aromatic rings. The van der Waals surface area contributed by atoms with E-state index in [4.69, 9.17) is 0 Å². The van der Waals surface area contributed by atoms with Crippen molar-refractivity contribution in [1.29, 1.82) is 0 Å². The van der Waals surface area contributed by atoms with E-state index in [-0.39, 0.29) is 30.6 Å². The van der Waals surface area contributed by atoms with Crippen molar-refractivity contribution < 1.29 is 14.0 Å². The summed E-state index contributed by atoms with van der Waals surface area (Å²) in [5, 5.41) is 7.22. The maximum atomic E-state index is 14.0. The lowest BCUT2D eigenvalue weighted by molar-refractivity contribution is -0.120. The number of nitrogens with zero attached hydrogens (tertiary/aromatic N) is 3. The number of amides is 3. The number of rotatable bonds is 2. The summed E-state index contributed by atoms with van der Waals surface area (Å²) in [6.45, 7) is 4.20. The molecular formula is C15H17FN4O2. The predicted molar refractivity (Wildman–Crippen MR) is 80.3 cm³/mol. The van der Waals surface area contributed by atoms with Gasteiger partial charge in [-0.1, -0.05) is 13.8 Å². The molecule has 22 heavy (non-hydrogen) atoms. The molecule has 3 amide bonds. The van der Waals surface area contributed by atoms with Gasteiger partial charge in [0.25, 0.3) is 0 Å². The minimum Gasteiger partial charge on any atom is -0.278 e. The second kappa shape index (κ2) is 5.08. The van der Waals surface area contributed by atoms with Gasteiger partial charge in [-0.2, -0.15) is 5.10 Å². The third kappa shape index (κ3) is 2.22. The summed E-state index contributed by atoms with van der Waals surface area (Å²) < 4.78 is 15.6. The first-order valence-corrected chi connectivity index (χ1v) is 7.16. The molecule has 0 aliphatic carbocycles. The first kappa shape index (κ1) is 14.5. The van der Waals surface area contributed by atoms with Gasteiger partial charge < -0.3 is 0 Å². The molecule has 1 aromatic heterocycles. The Morgan fingerprint density at radius 1 is 1.32 bits per heavy atom. The maximum absolute atomic E-state index is 14.0. The highest BCUT2D eigenvalue weighted by atomic mass is 19.1. The van der Waals surface area contributed by atoms with Crippen LogP contribution in [0.25, 0.3) is 10.9 Å². The van der Waals surface area contributed by atoms with Crippen LogP contribution in [0.2, 0.25) is 0 Å². The van der Waals surface area contributed by atoms with Crippen molar-refractivity contribution in [3.05, 3.63) is 23.5 Å². The van der Waals surface area contributed by atoms with E-state index < -0.39 is 6.03 Å². The summed E-state index contributed by atoms with van der Waals surface area (Å²) in [6.07, 6.45) is 0.205. The van der Waals surface area contributed by atoms with Gasteiger partial charge in [-0.25, -0.2) is 9.18 Å². The molecule has 7 heteroatoms. The van der Waals surface area contributed by atoms with Crippen LogP contribution in [0, 0.1) is 5.82 Å². The van der Waals surface area contributed by atoms with E-state index in [1.165, 1.54) is 17.0 Å². The van der Waals surface area contributed by atoms with Crippen molar-refractivity contribution >= 4 is 28.7 Å². The van der Waals surface area contributed by atoms with Gasteiger partial charge in [-0.15, -0.1) is 0 Å². The molecule has 1 aliphatic heterocycles. The second-order valence-electron chi connectivity index (χ2n) is 5.75. The average Bonchev–Trinajstić information content (AvgIpc) is 2.75. The Kier molecular flexibility index (Phi) is 3.35. The fourth-order valence-corrected chi connectivity index (χ4v) is 2.80. The van der Waals surface area contributed by atoms with E-state index in [0.717, 1.165) is 11.1 Å².